The molecule has 9 heteroatoms. The van der Waals surface area contributed by atoms with Gasteiger partial charge in [-0.25, -0.2) is 8.42 Å². The van der Waals surface area contributed by atoms with Gasteiger partial charge in [0.05, 0.1) is 16.7 Å². The molecule has 0 N–H and O–H groups in total. The van der Waals surface area contributed by atoms with Crippen molar-refractivity contribution < 1.29 is 22.8 Å². The van der Waals surface area contributed by atoms with Gasteiger partial charge in [-0.15, -0.1) is 0 Å². The topological polar surface area (TPSA) is 95.1 Å². The molecule has 1 aromatic rings. The molecule has 0 bridgehead atoms. The summed E-state index contributed by atoms with van der Waals surface area (Å²) in [5.41, 5.74) is 1.95. The van der Waals surface area contributed by atoms with Crippen molar-refractivity contribution in [3.63, 3.8) is 0 Å². The molecule has 32 heavy (non-hydrogen) atoms. The van der Waals surface area contributed by atoms with Gasteiger partial charge >= 0.3 is 0 Å². The third kappa shape index (κ3) is 4.11. The van der Waals surface area contributed by atoms with Crippen LogP contribution >= 0.6 is 0 Å². The Bertz CT molecular complexity index is 1050. The molecule has 3 amide bonds. The van der Waals surface area contributed by atoms with Crippen LogP contribution in [0.4, 0.5) is 0 Å². The predicted octanol–water partition coefficient (Wildman–Crippen LogP) is 1.48. The van der Waals surface area contributed by atoms with Crippen molar-refractivity contribution in [2.45, 2.75) is 38.0 Å². The Morgan fingerprint density at radius 3 is 2.09 bits per heavy atom. The van der Waals surface area contributed by atoms with Gasteiger partial charge in [-0.1, -0.05) is 18.2 Å². The summed E-state index contributed by atoms with van der Waals surface area (Å²) < 4.78 is 27.3. The van der Waals surface area contributed by atoms with E-state index in [-0.39, 0.29) is 60.5 Å². The van der Waals surface area contributed by atoms with Crippen molar-refractivity contribution in [2.75, 3.05) is 32.7 Å². The van der Waals surface area contributed by atoms with Crippen LogP contribution in [0, 0.1) is 25.7 Å². The zero-order valence-electron chi connectivity index (χ0n) is 18.5. The first-order chi connectivity index (χ1) is 15.2. The number of likely N-dealkylation sites (tertiary alicyclic amines) is 1. The van der Waals surface area contributed by atoms with E-state index in [0.29, 0.717) is 25.9 Å². The van der Waals surface area contributed by atoms with Gasteiger partial charge in [-0.2, -0.15) is 4.31 Å². The monoisotopic (exact) mass is 459 g/mol. The molecule has 0 radical (unpaired) electrons. The second-order valence-corrected chi connectivity index (χ2v) is 10.7. The minimum Gasteiger partial charge on any atom is -0.340 e. The first-order valence-electron chi connectivity index (χ1n) is 11.1. The summed E-state index contributed by atoms with van der Waals surface area (Å²) in [6.45, 7) is 4.93. The highest BCUT2D eigenvalue weighted by molar-refractivity contribution is 7.89. The molecule has 0 saturated carbocycles. The number of imide groups is 1. The molecule has 8 nitrogen and oxygen atoms in total. The SMILES string of the molecule is Cc1ccc(S(=O)(=O)N2CCN(C(=O)CCN3C(=O)C4CC=CCC4C3=O)CC2)cc1C. The summed E-state index contributed by atoms with van der Waals surface area (Å²) in [6.07, 6.45) is 5.10. The lowest BCUT2D eigenvalue weighted by Crippen LogP contribution is -2.51. The van der Waals surface area contributed by atoms with E-state index in [2.05, 4.69) is 0 Å². The van der Waals surface area contributed by atoms with E-state index >= 15 is 0 Å². The van der Waals surface area contributed by atoms with E-state index in [0.717, 1.165) is 11.1 Å². The van der Waals surface area contributed by atoms with Gasteiger partial charge in [0, 0.05) is 39.1 Å². The lowest BCUT2D eigenvalue weighted by molar-refractivity contribution is -0.141. The molecule has 1 aromatic carbocycles. The average molecular weight is 460 g/mol. The molecule has 3 aliphatic rings. The fourth-order valence-corrected chi connectivity index (χ4v) is 6.16. The Hall–Kier alpha value is -2.52. The number of aryl methyl sites for hydroxylation is 2. The van der Waals surface area contributed by atoms with E-state index in [9.17, 15) is 22.8 Å². The van der Waals surface area contributed by atoms with Crippen molar-refractivity contribution in [3.8, 4) is 0 Å². The molecule has 2 heterocycles. The number of carbonyl (C=O) groups excluding carboxylic acids is 3. The molecule has 1 aliphatic carbocycles. The second-order valence-electron chi connectivity index (χ2n) is 8.76. The normalized spacial score (nSPS) is 24.2. The summed E-state index contributed by atoms with van der Waals surface area (Å²) in [5.74, 6) is -1.10. The molecule has 2 fully saturated rings. The zero-order valence-corrected chi connectivity index (χ0v) is 19.3. The first kappa shape index (κ1) is 22.7. The number of piperazine rings is 1. The highest BCUT2D eigenvalue weighted by Gasteiger charge is 2.47. The highest BCUT2D eigenvalue weighted by Crippen LogP contribution is 2.35. The second kappa shape index (κ2) is 8.78. The zero-order chi connectivity index (χ0) is 23.0. The maximum atomic E-state index is 13.0. The predicted molar refractivity (Wildman–Crippen MR) is 118 cm³/mol. The molecular weight excluding hydrogens is 430 g/mol. The van der Waals surface area contributed by atoms with Crippen molar-refractivity contribution >= 4 is 27.7 Å². The van der Waals surface area contributed by atoms with Gasteiger partial charge < -0.3 is 4.90 Å². The van der Waals surface area contributed by atoms with E-state index in [1.54, 1.807) is 23.1 Å². The number of allylic oxidation sites excluding steroid dienone is 2. The number of amides is 3. The van der Waals surface area contributed by atoms with Gasteiger partial charge in [0.1, 0.15) is 0 Å². The average Bonchev–Trinajstić information content (AvgIpc) is 3.04. The number of carbonyl (C=O) groups is 3. The van der Waals surface area contributed by atoms with Crippen LogP contribution in [0.5, 0.6) is 0 Å². The van der Waals surface area contributed by atoms with Crippen LogP contribution in [0.15, 0.2) is 35.2 Å². The maximum absolute atomic E-state index is 13.0. The van der Waals surface area contributed by atoms with Crippen molar-refractivity contribution in [1.29, 1.82) is 0 Å². The Kier molecular flexibility index (Phi) is 6.22. The summed E-state index contributed by atoms with van der Waals surface area (Å²) in [5, 5.41) is 0. The van der Waals surface area contributed by atoms with Gasteiger partial charge in [-0.05, 0) is 49.9 Å². The summed E-state index contributed by atoms with van der Waals surface area (Å²) >= 11 is 0. The van der Waals surface area contributed by atoms with Crippen LogP contribution in [-0.4, -0.2) is 73.0 Å². The van der Waals surface area contributed by atoms with Crippen LogP contribution in [0.25, 0.3) is 0 Å². The number of rotatable bonds is 5. The van der Waals surface area contributed by atoms with E-state index < -0.39 is 10.0 Å². The number of hydrogen-bond donors (Lipinski definition) is 0. The van der Waals surface area contributed by atoms with Crippen molar-refractivity contribution in [3.05, 3.63) is 41.5 Å². The third-order valence-corrected chi connectivity index (χ3v) is 8.75. The number of hydrogen-bond acceptors (Lipinski definition) is 5. The molecule has 4 rings (SSSR count). The first-order valence-corrected chi connectivity index (χ1v) is 12.5. The molecule has 0 spiro atoms. The maximum Gasteiger partial charge on any atom is 0.243 e. The standard InChI is InChI=1S/C23H29N3O5S/c1-16-7-8-18(15-17(16)2)32(30,31)25-13-11-24(12-14-25)21(27)9-10-26-22(28)19-5-3-4-6-20(19)23(26)29/h3-4,7-8,15,19-20H,5-6,9-14H2,1-2H3. The Labute approximate surface area is 188 Å². The number of fused-ring (bicyclic) bond motifs is 1. The third-order valence-electron chi connectivity index (χ3n) is 6.86. The van der Waals surface area contributed by atoms with Gasteiger partial charge in [0.2, 0.25) is 27.7 Å². The minimum absolute atomic E-state index is 0.0637. The summed E-state index contributed by atoms with van der Waals surface area (Å²) in [4.78, 5) is 40.9. The van der Waals surface area contributed by atoms with E-state index in [1.165, 1.54) is 9.21 Å². The molecule has 2 saturated heterocycles. The smallest absolute Gasteiger partial charge is 0.243 e. The Morgan fingerprint density at radius 1 is 0.938 bits per heavy atom. The quantitative estimate of drug-likeness (QED) is 0.491. The molecule has 172 valence electrons. The van der Waals surface area contributed by atoms with Gasteiger partial charge in [0.25, 0.3) is 0 Å². The fourth-order valence-electron chi connectivity index (χ4n) is 4.66. The van der Waals surface area contributed by atoms with E-state index in [4.69, 9.17) is 0 Å². The van der Waals surface area contributed by atoms with Crippen LogP contribution < -0.4 is 0 Å². The number of nitrogens with zero attached hydrogens (tertiary/aromatic N) is 3. The molecular formula is C23H29N3O5S. The van der Waals surface area contributed by atoms with Gasteiger partial charge in [-0.3, -0.25) is 19.3 Å². The molecule has 0 aromatic heterocycles. The lowest BCUT2D eigenvalue weighted by Gasteiger charge is -2.34. The van der Waals surface area contributed by atoms with Crippen molar-refractivity contribution in [1.82, 2.24) is 14.1 Å². The van der Waals surface area contributed by atoms with E-state index in [1.807, 2.05) is 26.0 Å². The lowest BCUT2D eigenvalue weighted by atomic mass is 9.85. The Morgan fingerprint density at radius 2 is 1.53 bits per heavy atom. The summed E-state index contributed by atoms with van der Waals surface area (Å²) in [6, 6.07) is 5.10. The largest absolute Gasteiger partial charge is 0.340 e. The number of benzene rings is 1. The molecule has 2 aliphatic heterocycles. The molecule has 2 atom stereocenters. The number of sulfonamides is 1. The summed E-state index contributed by atoms with van der Waals surface area (Å²) in [7, 11) is -3.61. The highest BCUT2D eigenvalue weighted by atomic mass is 32.2. The fraction of sp³-hybridized carbons (Fsp3) is 0.522. The Balaban J connectivity index is 1.31. The van der Waals surface area contributed by atoms with Gasteiger partial charge in [0.15, 0.2) is 0 Å². The van der Waals surface area contributed by atoms with Crippen LogP contribution in [0.2, 0.25) is 0 Å². The van der Waals surface area contributed by atoms with Crippen LogP contribution in [0.1, 0.15) is 30.4 Å². The van der Waals surface area contributed by atoms with Crippen LogP contribution in [0.3, 0.4) is 0 Å². The van der Waals surface area contributed by atoms with Crippen LogP contribution in [-0.2, 0) is 24.4 Å². The molecule has 2 unspecified atom stereocenters. The van der Waals surface area contributed by atoms with Crippen molar-refractivity contribution in [2.24, 2.45) is 11.8 Å². The minimum atomic E-state index is -3.61.